The zero-order valence-corrected chi connectivity index (χ0v) is 13.9. The third-order valence-corrected chi connectivity index (χ3v) is 4.60. The molecule has 5 rings (SSSR count). The lowest BCUT2D eigenvalue weighted by Gasteiger charge is -2.20. The summed E-state index contributed by atoms with van der Waals surface area (Å²) in [7, 11) is 0. The summed E-state index contributed by atoms with van der Waals surface area (Å²) in [5.41, 5.74) is 5.24. The van der Waals surface area contributed by atoms with Crippen molar-refractivity contribution in [3.63, 3.8) is 0 Å². The van der Waals surface area contributed by atoms with Crippen LogP contribution in [0, 0.1) is 0 Å². The number of nitrogens with zero attached hydrogens (tertiary/aromatic N) is 3. The maximum atomic E-state index is 12.9. The highest BCUT2D eigenvalue weighted by atomic mass is 16.7. The molecule has 0 amide bonds. The first-order valence-corrected chi connectivity index (χ1v) is 8.52. The van der Waals surface area contributed by atoms with Crippen molar-refractivity contribution < 1.29 is 9.47 Å². The van der Waals surface area contributed by atoms with E-state index in [1.165, 1.54) is 0 Å². The number of hydrogen-bond acceptors (Lipinski definition) is 6. The largest absolute Gasteiger partial charge is 0.454 e. The Morgan fingerprint density at radius 2 is 1.92 bits per heavy atom. The van der Waals surface area contributed by atoms with Gasteiger partial charge in [0.2, 0.25) is 6.79 Å². The van der Waals surface area contributed by atoms with Gasteiger partial charge >= 0.3 is 0 Å². The Kier molecular flexibility index (Phi) is 3.38. The van der Waals surface area contributed by atoms with Gasteiger partial charge in [0, 0.05) is 12.6 Å². The van der Waals surface area contributed by atoms with E-state index >= 15 is 0 Å². The van der Waals surface area contributed by atoms with E-state index in [2.05, 4.69) is 10.5 Å². The molecule has 0 bridgehead atoms. The van der Waals surface area contributed by atoms with Crippen LogP contribution in [0.3, 0.4) is 0 Å². The zero-order chi connectivity index (χ0) is 17.5. The summed E-state index contributed by atoms with van der Waals surface area (Å²) >= 11 is 0. The van der Waals surface area contributed by atoms with Gasteiger partial charge in [-0.2, -0.15) is 5.10 Å². The van der Waals surface area contributed by atoms with E-state index in [0.29, 0.717) is 34.8 Å². The first-order chi connectivity index (χ1) is 12.8. The molecule has 1 aromatic heterocycles. The molecule has 3 heterocycles. The first-order valence-electron chi connectivity index (χ1n) is 8.52. The van der Waals surface area contributed by atoms with Gasteiger partial charge in [0.15, 0.2) is 17.3 Å². The van der Waals surface area contributed by atoms with Crippen molar-refractivity contribution in [3.05, 3.63) is 58.6 Å². The van der Waals surface area contributed by atoms with E-state index in [4.69, 9.17) is 14.5 Å². The zero-order valence-electron chi connectivity index (χ0n) is 13.9. The highest BCUT2D eigenvalue weighted by molar-refractivity contribution is 6.00. The lowest BCUT2D eigenvalue weighted by Crippen LogP contribution is -2.32. The van der Waals surface area contributed by atoms with Crippen molar-refractivity contribution in [3.8, 4) is 11.5 Å². The summed E-state index contributed by atoms with van der Waals surface area (Å²) in [5, 5.41) is 5.04. The number of ether oxygens (including phenoxy) is 2. The van der Waals surface area contributed by atoms with Crippen molar-refractivity contribution in [1.82, 2.24) is 9.55 Å². The molecule has 0 unspecified atom stereocenters. The molecule has 2 aliphatic heterocycles. The molecule has 2 aromatic carbocycles. The topological polar surface area (TPSA) is 77.7 Å². The van der Waals surface area contributed by atoms with Gasteiger partial charge in [-0.15, -0.1) is 0 Å². The van der Waals surface area contributed by atoms with E-state index in [1.807, 2.05) is 30.3 Å². The highest BCUT2D eigenvalue weighted by Gasteiger charge is 2.23. The minimum atomic E-state index is -0.0737. The predicted molar refractivity (Wildman–Crippen MR) is 98.0 cm³/mol. The third-order valence-electron chi connectivity index (χ3n) is 4.60. The Labute approximate surface area is 148 Å². The van der Waals surface area contributed by atoms with Crippen LogP contribution in [-0.4, -0.2) is 22.1 Å². The molecule has 0 saturated heterocycles. The molecule has 2 aliphatic rings. The van der Waals surface area contributed by atoms with Gasteiger partial charge < -0.3 is 9.47 Å². The van der Waals surface area contributed by atoms with Gasteiger partial charge in [0.25, 0.3) is 5.56 Å². The average molecular weight is 348 g/mol. The Balaban J connectivity index is 1.62. The molecule has 0 atom stereocenters. The Morgan fingerprint density at radius 3 is 2.77 bits per heavy atom. The van der Waals surface area contributed by atoms with E-state index in [9.17, 15) is 4.79 Å². The lowest BCUT2D eigenvalue weighted by molar-refractivity contribution is 0.174. The molecule has 1 N–H and O–H groups in total. The SMILES string of the molecule is O=c1c2cc3c(cc2nc2n1CCCC2=NNc1ccccc1)OCO3. The number of rotatable bonds is 2. The molecule has 0 saturated carbocycles. The minimum absolute atomic E-state index is 0.0737. The summed E-state index contributed by atoms with van der Waals surface area (Å²) < 4.78 is 12.5. The van der Waals surface area contributed by atoms with Crippen molar-refractivity contribution in [2.75, 3.05) is 12.2 Å². The minimum Gasteiger partial charge on any atom is -0.454 e. The summed E-state index contributed by atoms with van der Waals surface area (Å²) in [6.45, 7) is 0.802. The van der Waals surface area contributed by atoms with Gasteiger partial charge in [0.1, 0.15) is 5.71 Å². The van der Waals surface area contributed by atoms with Crippen LogP contribution in [0.1, 0.15) is 18.7 Å². The standard InChI is InChI=1S/C19H16N4O3/c24-19-13-9-16-17(26-11-25-16)10-15(13)20-18-14(7-4-8-23(18)19)22-21-12-5-2-1-3-6-12/h1-3,5-6,9-10,21H,4,7-8,11H2. The van der Waals surface area contributed by atoms with Crippen LogP contribution in [0.2, 0.25) is 0 Å². The van der Waals surface area contributed by atoms with Gasteiger partial charge in [0.05, 0.1) is 16.6 Å². The fraction of sp³-hybridized carbons (Fsp3) is 0.211. The van der Waals surface area contributed by atoms with Crippen LogP contribution in [0.4, 0.5) is 5.69 Å². The summed E-state index contributed by atoms with van der Waals surface area (Å²) in [6, 6.07) is 13.2. The predicted octanol–water partition coefficient (Wildman–Crippen LogP) is 2.74. The molecule has 26 heavy (non-hydrogen) atoms. The monoisotopic (exact) mass is 348 g/mol. The number of hydrogen-bond donors (Lipinski definition) is 1. The van der Waals surface area contributed by atoms with Crippen molar-refractivity contribution in [2.24, 2.45) is 5.10 Å². The molecule has 0 fully saturated rings. The Morgan fingerprint density at radius 1 is 1.12 bits per heavy atom. The van der Waals surface area contributed by atoms with Gasteiger partial charge in [-0.05, 0) is 31.0 Å². The maximum absolute atomic E-state index is 12.9. The summed E-state index contributed by atoms with van der Waals surface area (Å²) in [4.78, 5) is 17.6. The van der Waals surface area contributed by atoms with E-state index in [0.717, 1.165) is 24.2 Å². The molecule has 0 radical (unpaired) electrons. The maximum Gasteiger partial charge on any atom is 0.261 e. The number of hydrazone groups is 1. The fourth-order valence-corrected chi connectivity index (χ4v) is 3.31. The van der Waals surface area contributed by atoms with Crippen LogP contribution < -0.4 is 20.5 Å². The lowest BCUT2D eigenvalue weighted by atomic mass is 10.1. The molecule has 7 heteroatoms. The third kappa shape index (κ3) is 2.40. The normalized spacial score (nSPS) is 16.7. The molecule has 7 nitrogen and oxygen atoms in total. The number of aromatic nitrogens is 2. The Hall–Kier alpha value is -3.35. The first kappa shape index (κ1) is 14.9. The molecule has 3 aromatic rings. The van der Waals surface area contributed by atoms with Crippen LogP contribution in [0.5, 0.6) is 11.5 Å². The summed E-state index contributed by atoms with van der Waals surface area (Å²) in [5.74, 6) is 1.81. The molecular weight excluding hydrogens is 332 g/mol. The van der Waals surface area contributed by atoms with Crippen LogP contribution in [-0.2, 0) is 6.54 Å². The van der Waals surface area contributed by atoms with Crippen LogP contribution in [0.15, 0.2) is 52.4 Å². The number of para-hydroxylation sites is 1. The molecule has 130 valence electrons. The van der Waals surface area contributed by atoms with Gasteiger partial charge in [-0.25, -0.2) is 4.98 Å². The number of benzene rings is 2. The van der Waals surface area contributed by atoms with Crippen molar-refractivity contribution in [2.45, 2.75) is 19.4 Å². The van der Waals surface area contributed by atoms with E-state index in [1.54, 1.807) is 16.7 Å². The van der Waals surface area contributed by atoms with E-state index in [-0.39, 0.29) is 12.4 Å². The number of nitrogens with one attached hydrogen (secondary N) is 1. The second-order valence-corrected chi connectivity index (χ2v) is 6.25. The Bertz CT molecular complexity index is 1090. The second kappa shape index (κ2) is 5.87. The van der Waals surface area contributed by atoms with E-state index < -0.39 is 0 Å². The quantitative estimate of drug-likeness (QED) is 0.721. The smallest absolute Gasteiger partial charge is 0.261 e. The molecule has 0 spiro atoms. The second-order valence-electron chi connectivity index (χ2n) is 6.25. The van der Waals surface area contributed by atoms with Crippen LogP contribution >= 0.6 is 0 Å². The van der Waals surface area contributed by atoms with Gasteiger partial charge in [-0.1, -0.05) is 18.2 Å². The fourth-order valence-electron chi connectivity index (χ4n) is 3.31. The van der Waals surface area contributed by atoms with Crippen molar-refractivity contribution >= 4 is 22.3 Å². The highest BCUT2D eigenvalue weighted by Crippen LogP contribution is 2.34. The average Bonchev–Trinajstić information content (AvgIpc) is 3.13. The number of fused-ring (bicyclic) bond motifs is 3. The number of anilines is 1. The van der Waals surface area contributed by atoms with Crippen LogP contribution in [0.25, 0.3) is 10.9 Å². The summed E-state index contributed by atoms with van der Waals surface area (Å²) in [6.07, 6.45) is 1.61. The molecule has 0 aliphatic carbocycles. The molecular formula is C19H16N4O3. The van der Waals surface area contributed by atoms with Gasteiger partial charge in [-0.3, -0.25) is 14.8 Å². The van der Waals surface area contributed by atoms with Crippen molar-refractivity contribution in [1.29, 1.82) is 0 Å².